The predicted octanol–water partition coefficient (Wildman–Crippen LogP) is 2.56. The van der Waals surface area contributed by atoms with Crippen LogP contribution in [0.5, 0.6) is 0 Å². The zero-order chi connectivity index (χ0) is 22.2. The molecule has 0 aromatic carbocycles. The molecule has 0 bridgehead atoms. The summed E-state index contributed by atoms with van der Waals surface area (Å²) in [6, 6.07) is 2.29. The summed E-state index contributed by atoms with van der Waals surface area (Å²) >= 11 is 0. The molecule has 5 heterocycles. The summed E-state index contributed by atoms with van der Waals surface area (Å²) in [4.78, 5) is 24.6. The molecule has 1 aliphatic heterocycles. The van der Waals surface area contributed by atoms with Gasteiger partial charge >= 0.3 is 0 Å². The van der Waals surface area contributed by atoms with Gasteiger partial charge in [0.05, 0.1) is 17.9 Å². The predicted molar refractivity (Wildman–Crippen MR) is 124 cm³/mol. The van der Waals surface area contributed by atoms with Gasteiger partial charge in [-0.3, -0.25) is 4.68 Å². The van der Waals surface area contributed by atoms with Gasteiger partial charge in [-0.25, -0.2) is 24.9 Å². The van der Waals surface area contributed by atoms with Crippen LogP contribution in [0.25, 0.3) is 22.2 Å². The lowest BCUT2D eigenvalue weighted by Crippen LogP contribution is -2.35. The van der Waals surface area contributed by atoms with Crippen molar-refractivity contribution in [2.45, 2.75) is 39.2 Å². The van der Waals surface area contributed by atoms with Crippen LogP contribution in [0.2, 0.25) is 0 Å². The fraction of sp³-hybridized carbons (Fsp3) is 0.364. The maximum Gasteiger partial charge on any atom is 0.151 e. The molecule has 0 amide bonds. The second kappa shape index (κ2) is 8.03. The van der Waals surface area contributed by atoms with Crippen LogP contribution >= 0.6 is 0 Å². The Morgan fingerprint density at radius 3 is 2.56 bits per heavy atom. The molecule has 4 N–H and O–H groups in total. The smallest absolute Gasteiger partial charge is 0.151 e. The van der Waals surface area contributed by atoms with Crippen molar-refractivity contribution in [1.82, 2.24) is 34.7 Å². The van der Waals surface area contributed by atoms with Crippen LogP contribution in [0.3, 0.4) is 0 Å². The first-order valence-electron chi connectivity index (χ1n) is 10.8. The number of aryl methyl sites for hydroxylation is 2. The van der Waals surface area contributed by atoms with Gasteiger partial charge in [-0.2, -0.15) is 5.10 Å². The van der Waals surface area contributed by atoms with E-state index in [1.54, 1.807) is 6.20 Å². The normalized spacial score (nSPS) is 14.9. The lowest BCUT2D eigenvalue weighted by molar-refractivity contribution is 0.366. The van der Waals surface area contributed by atoms with E-state index in [1.165, 1.54) is 0 Å². The van der Waals surface area contributed by atoms with Gasteiger partial charge in [-0.1, -0.05) is 6.92 Å². The van der Waals surface area contributed by atoms with Crippen molar-refractivity contribution in [1.29, 1.82) is 0 Å². The molecule has 4 aromatic heterocycles. The number of nitrogens with zero attached hydrogens (tertiary/aromatic N) is 8. The Hall–Kier alpha value is -3.82. The fourth-order valence-electron chi connectivity index (χ4n) is 4.23. The molecule has 0 spiro atoms. The molecule has 0 saturated carbocycles. The van der Waals surface area contributed by atoms with Crippen LogP contribution in [-0.4, -0.2) is 47.8 Å². The second-order valence-electron chi connectivity index (χ2n) is 8.05. The van der Waals surface area contributed by atoms with Crippen molar-refractivity contribution in [3.63, 3.8) is 0 Å². The highest BCUT2D eigenvalue weighted by atomic mass is 15.3. The Bertz CT molecular complexity index is 1270. The molecule has 1 saturated heterocycles. The highest BCUT2D eigenvalue weighted by Gasteiger charge is 2.23. The summed E-state index contributed by atoms with van der Waals surface area (Å²) < 4.78 is 2.04. The minimum absolute atomic E-state index is 0.318. The second-order valence-corrected chi connectivity index (χ2v) is 8.05. The van der Waals surface area contributed by atoms with Gasteiger partial charge in [0, 0.05) is 42.8 Å². The van der Waals surface area contributed by atoms with E-state index in [1.807, 2.05) is 43.2 Å². The van der Waals surface area contributed by atoms with Crippen molar-refractivity contribution in [3.8, 4) is 11.1 Å². The molecule has 1 aliphatic rings. The molecule has 1 fully saturated rings. The van der Waals surface area contributed by atoms with E-state index in [2.05, 4.69) is 34.9 Å². The Kier molecular flexibility index (Phi) is 5.04. The van der Waals surface area contributed by atoms with Gasteiger partial charge in [0.15, 0.2) is 5.82 Å². The average molecular weight is 431 g/mol. The monoisotopic (exact) mass is 430 g/mol. The number of nitrogens with two attached hydrogens (primary N) is 2. The zero-order valence-corrected chi connectivity index (χ0v) is 18.2. The molecule has 0 atom stereocenters. The van der Waals surface area contributed by atoms with Gasteiger partial charge < -0.3 is 16.4 Å². The average Bonchev–Trinajstić information content (AvgIpc) is 3.29. The first kappa shape index (κ1) is 20.1. The fourth-order valence-corrected chi connectivity index (χ4v) is 4.23. The van der Waals surface area contributed by atoms with Crippen molar-refractivity contribution in [3.05, 3.63) is 42.4 Å². The molecule has 32 heavy (non-hydrogen) atoms. The van der Waals surface area contributed by atoms with E-state index in [9.17, 15) is 0 Å². The number of hydrogen-bond acceptors (Lipinski definition) is 9. The number of hydrogen-bond donors (Lipinski definition) is 2. The lowest BCUT2D eigenvalue weighted by Gasteiger charge is -2.32. The highest BCUT2D eigenvalue weighted by molar-refractivity contribution is 5.96. The standard InChI is InChI=1S/C22H26N10/c1-3-17-21(23)30-19-16(11-26-22(24)20(19)29-17)14-10-27-32(12-14)15-5-8-31(9-6-15)18-4-7-25-13(2)28-18/h4,7,10-12,15H,3,5-6,8-9H2,1-2H3,(H2,23,30)(H2,24,26). The maximum absolute atomic E-state index is 6.12. The quantitative estimate of drug-likeness (QED) is 0.500. The van der Waals surface area contributed by atoms with Crippen molar-refractivity contribution in [2.75, 3.05) is 29.5 Å². The Morgan fingerprint density at radius 1 is 1.00 bits per heavy atom. The Balaban J connectivity index is 1.39. The van der Waals surface area contributed by atoms with E-state index in [0.717, 1.165) is 54.4 Å². The number of piperidine rings is 1. The lowest BCUT2D eigenvalue weighted by atomic mass is 10.1. The molecule has 0 unspecified atom stereocenters. The van der Waals surface area contributed by atoms with Crippen LogP contribution in [0.15, 0.2) is 30.9 Å². The van der Waals surface area contributed by atoms with Gasteiger partial charge in [0.1, 0.15) is 28.5 Å². The molecular weight excluding hydrogens is 404 g/mol. The Labute approximate surface area is 185 Å². The molecule has 10 nitrogen and oxygen atoms in total. The van der Waals surface area contributed by atoms with Crippen LogP contribution in [0, 0.1) is 6.92 Å². The van der Waals surface area contributed by atoms with Crippen LogP contribution < -0.4 is 16.4 Å². The molecule has 0 radical (unpaired) electrons. The van der Waals surface area contributed by atoms with E-state index in [4.69, 9.17) is 11.5 Å². The van der Waals surface area contributed by atoms with Crippen molar-refractivity contribution < 1.29 is 0 Å². The van der Waals surface area contributed by atoms with E-state index in [-0.39, 0.29) is 0 Å². The van der Waals surface area contributed by atoms with E-state index >= 15 is 0 Å². The van der Waals surface area contributed by atoms with Crippen LogP contribution in [0.1, 0.15) is 37.3 Å². The van der Waals surface area contributed by atoms with Crippen LogP contribution in [0.4, 0.5) is 17.5 Å². The number of pyridine rings is 1. The number of aromatic nitrogens is 7. The third kappa shape index (κ3) is 3.57. The molecule has 4 aromatic rings. The van der Waals surface area contributed by atoms with Gasteiger partial charge in [0.25, 0.3) is 0 Å². The zero-order valence-electron chi connectivity index (χ0n) is 18.2. The summed E-state index contributed by atoms with van der Waals surface area (Å²) in [6.07, 6.45) is 10.1. The van der Waals surface area contributed by atoms with Gasteiger partial charge in [-0.15, -0.1) is 0 Å². The number of nitrogen functional groups attached to an aromatic ring is 2. The highest BCUT2D eigenvalue weighted by Crippen LogP contribution is 2.31. The minimum Gasteiger partial charge on any atom is -0.382 e. The summed E-state index contributed by atoms with van der Waals surface area (Å²) in [6.45, 7) is 5.74. The van der Waals surface area contributed by atoms with E-state index in [0.29, 0.717) is 35.1 Å². The molecule has 0 aliphatic carbocycles. The summed E-state index contributed by atoms with van der Waals surface area (Å²) in [7, 11) is 0. The van der Waals surface area contributed by atoms with E-state index < -0.39 is 0 Å². The summed E-state index contributed by atoms with van der Waals surface area (Å²) in [5.41, 5.74) is 15.9. The van der Waals surface area contributed by atoms with Crippen molar-refractivity contribution in [2.24, 2.45) is 0 Å². The number of rotatable bonds is 4. The Morgan fingerprint density at radius 2 is 1.81 bits per heavy atom. The molecule has 10 heteroatoms. The molecule has 164 valence electrons. The largest absolute Gasteiger partial charge is 0.382 e. The first-order chi connectivity index (χ1) is 15.5. The summed E-state index contributed by atoms with van der Waals surface area (Å²) in [5.74, 6) is 2.55. The minimum atomic E-state index is 0.318. The third-order valence-corrected chi connectivity index (χ3v) is 6.00. The van der Waals surface area contributed by atoms with Crippen LogP contribution in [-0.2, 0) is 6.42 Å². The molecular formula is C22H26N10. The maximum atomic E-state index is 6.12. The number of fused-ring (bicyclic) bond motifs is 1. The number of anilines is 3. The topological polar surface area (TPSA) is 138 Å². The molecule has 5 rings (SSSR count). The SMILES string of the molecule is CCc1nc2c(N)ncc(-c3cnn(C4CCN(c5ccnc(C)n5)CC4)c3)c2nc1N. The van der Waals surface area contributed by atoms with Crippen molar-refractivity contribution >= 4 is 28.5 Å². The third-order valence-electron chi connectivity index (χ3n) is 6.00. The summed E-state index contributed by atoms with van der Waals surface area (Å²) in [5, 5.41) is 4.65. The van der Waals surface area contributed by atoms with Gasteiger partial charge in [-0.05, 0) is 32.3 Å². The van der Waals surface area contributed by atoms with Gasteiger partial charge in [0.2, 0.25) is 0 Å². The first-order valence-corrected chi connectivity index (χ1v) is 10.8.